The third-order valence-corrected chi connectivity index (χ3v) is 15.1. The molecule has 0 aliphatic carbocycles. The summed E-state index contributed by atoms with van der Waals surface area (Å²) in [6, 6.07) is 46.4. The predicted octanol–water partition coefficient (Wildman–Crippen LogP) is 10.9. The maximum Gasteiger partial charge on any atom is 0.248 e. The fourth-order valence-corrected chi connectivity index (χ4v) is 7.66. The summed E-state index contributed by atoms with van der Waals surface area (Å²) in [5.74, 6) is 1.55. The number of H-pyrrole nitrogens is 1. The first kappa shape index (κ1) is 39.7. The van der Waals surface area contributed by atoms with E-state index in [1.54, 1.807) is 6.07 Å². The van der Waals surface area contributed by atoms with Gasteiger partial charge in [-0.3, -0.25) is 4.79 Å². The number of aryl methyl sites for hydroxylation is 1. The van der Waals surface area contributed by atoms with Crippen LogP contribution in [0.4, 0.5) is 0 Å². The number of hydrogen-bond donors (Lipinski definition) is 2. The highest BCUT2D eigenvalue weighted by atomic mass is 28.4. The Morgan fingerprint density at radius 3 is 2.18 bits per heavy atom. The summed E-state index contributed by atoms with van der Waals surface area (Å²) in [4.78, 5) is 15.6. The van der Waals surface area contributed by atoms with Crippen molar-refractivity contribution in [3.63, 3.8) is 0 Å². The van der Waals surface area contributed by atoms with Crippen LogP contribution in [0.25, 0.3) is 22.0 Å². The summed E-state index contributed by atoms with van der Waals surface area (Å²) in [6.07, 6.45) is 3.77. The van der Waals surface area contributed by atoms with E-state index in [2.05, 4.69) is 123 Å². The molecule has 285 valence electrons. The van der Waals surface area contributed by atoms with Crippen LogP contribution < -0.4 is 20.3 Å². The molecule has 6 rings (SSSR count). The van der Waals surface area contributed by atoms with Gasteiger partial charge in [0.05, 0.1) is 18.2 Å². The lowest BCUT2D eigenvalue weighted by atomic mass is 10.0. The number of unbranched alkanes of at least 4 members (excludes halogenated alkanes) is 1. The molecule has 1 heterocycles. The zero-order chi connectivity index (χ0) is 38.7. The molecule has 2 N–H and O–H groups in total. The minimum Gasteiger partial charge on any atom is -0.494 e. The second-order valence-corrected chi connectivity index (χ2v) is 20.5. The first-order chi connectivity index (χ1) is 26.6. The van der Waals surface area contributed by atoms with Crippen molar-refractivity contribution in [3.05, 3.63) is 166 Å². The summed E-state index contributed by atoms with van der Waals surface area (Å²) in [6.45, 7) is 13.9. The zero-order valence-corrected chi connectivity index (χ0v) is 34.0. The van der Waals surface area contributed by atoms with E-state index in [9.17, 15) is 4.79 Å². The summed E-state index contributed by atoms with van der Waals surface area (Å²) in [5, 5.41) is 4.66. The SMILES string of the molecule is CC(C)(C)[Si](C)(C)O[C@@H](CNCCc1ccc(OCCCCc2c[c]c(-c3ccccc3)cc2)cc1)c1ccc(OCc2ccccc2)c2[nH]c(=O)ccc12. The summed E-state index contributed by atoms with van der Waals surface area (Å²) in [5.41, 5.74) is 7.52. The average Bonchev–Trinajstić information content (AvgIpc) is 3.19. The average molecular weight is 752 g/mol. The van der Waals surface area contributed by atoms with E-state index in [0.29, 0.717) is 31.0 Å². The molecule has 7 heteroatoms. The minimum absolute atomic E-state index is 0.0335. The molecule has 1 aromatic heterocycles. The number of pyridine rings is 1. The third-order valence-electron chi connectivity index (χ3n) is 10.7. The Bertz CT molecular complexity index is 2140. The van der Waals surface area contributed by atoms with Crippen molar-refractivity contribution >= 4 is 19.2 Å². The van der Waals surface area contributed by atoms with Crippen molar-refractivity contribution in [2.24, 2.45) is 0 Å². The second-order valence-electron chi connectivity index (χ2n) is 15.8. The van der Waals surface area contributed by atoms with Gasteiger partial charge in [-0.05, 0) is 114 Å². The molecule has 1 radical (unpaired) electrons. The normalized spacial score (nSPS) is 12.5. The van der Waals surface area contributed by atoms with Gasteiger partial charge in [-0.2, -0.15) is 0 Å². The highest BCUT2D eigenvalue weighted by molar-refractivity contribution is 6.74. The molecular formula is C48H55N2O4Si. The zero-order valence-electron chi connectivity index (χ0n) is 33.0. The van der Waals surface area contributed by atoms with Gasteiger partial charge in [0.25, 0.3) is 0 Å². The molecule has 55 heavy (non-hydrogen) atoms. The van der Waals surface area contributed by atoms with Crippen LogP contribution in [-0.2, 0) is 23.9 Å². The largest absolute Gasteiger partial charge is 0.494 e. The van der Waals surface area contributed by atoms with E-state index in [1.807, 2.05) is 48.5 Å². The highest BCUT2D eigenvalue weighted by Crippen LogP contribution is 2.41. The molecule has 0 spiro atoms. The van der Waals surface area contributed by atoms with Gasteiger partial charge in [0.2, 0.25) is 5.56 Å². The molecule has 0 amide bonds. The van der Waals surface area contributed by atoms with Crippen LogP contribution >= 0.6 is 0 Å². The van der Waals surface area contributed by atoms with Crippen molar-refractivity contribution in [2.75, 3.05) is 19.7 Å². The van der Waals surface area contributed by atoms with Crippen molar-refractivity contribution in [1.82, 2.24) is 10.3 Å². The van der Waals surface area contributed by atoms with Crippen molar-refractivity contribution in [2.45, 2.75) is 77.3 Å². The van der Waals surface area contributed by atoms with Gasteiger partial charge in [0.15, 0.2) is 8.32 Å². The van der Waals surface area contributed by atoms with E-state index in [-0.39, 0.29) is 16.7 Å². The Kier molecular flexibility index (Phi) is 13.4. The number of ether oxygens (including phenoxy) is 2. The van der Waals surface area contributed by atoms with E-state index in [4.69, 9.17) is 13.9 Å². The van der Waals surface area contributed by atoms with Gasteiger partial charge in [0, 0.05) is 18.0 Å². The van der Waals surface area contributed by atoms with Crippen LogP contribution in [0.15, 0.2) is 132 Å². The molecule has 0 unspecified atom stereocenters. The van der Waals surface area contributed by atoms with Crippen molar-refractivity contribution in [1.29, 1.82) is 0 Å². The van der Waals surface area contributed by atoms with Crippen LogP contribution in [0, 0.1) is 6.07 Å². The number of hydrogen-bond acceptors (Lipinski definition) is 5. The van der Waals surface area contributed by atoms with Gasteiger partial charge in [-0.25, -0.2) is 0 Å². The minimum atomic E-state index is -2.16. The standard InChI is InChI=1S/C48H55N2O4Si/c1-48(2,3)55(4,5)54-45(42-27-29-44(47-43(42)28-30-46(51)50-47)53-35-38-15-8-6-9-16-38)34-49-32-31-37-21-25-41(26-22-37)52-33-13-12-14-36-19-23-40(24-20-36)39-17-10-7-11-18-39/h6-11,15-23,25-30,45,49H,12-14,31-35H2,1-5H3,(H,50,51)/t45-/m0/s1. The van der Waals surface area contributed by atoms with Crippen molar-refractivity contribution < 1.29 is 13.9 Å². The van der Waals surface area contributed by atoms with Gasteiger partial charge in [-0.1, -0.05) is 118 Å². The number of fused-ring (bicyclic) bond motifs is 1. The Morgan fingerprint density at radius 1 is 0.745 bits per heavy atom. The summed E-state index contributed by atoms with van der Waals surface area (Å²) < 4.78 is 19.4. The van der Waals surface area contributed by atoms with Crippen LogP contribution in [0.5, 0.6) is 11.5 Å². The fourth-order valence-electron chi connectivity index (χ4n) is 6.38. The number of aromatic nitrogens is 1. The molecule has 1 atom stereocenters. The summed E-state index contributed by atoms with van der Waals surface area (Å²) >= 11 is 0. The van der Waals surface area contributed by atoms with E-state index >= 15 is 0 Å². The maximum absolute atomic E-state index is 12.5. The Labute approximate surface area is 328 Å². The first-order valence-electron chi connectivity index (χ1n) is 19.5. The Morgan fingerprint density at radius 2 is 1.47 bits per heavy atom. The fraction of sp³-hybridized carbons (Fsp3) is 0.312. The molecule has 0 saturated carbocycles. The van der Waals surface area contributed by atoms with Gasteiger partial charge in [0.1, 0.15) is 18.1 Å². The monoisotopic (exact) mass is 751 g/mol. The molecule has 6 aromatic rings. The lowest BCUT2D eigenvalue weighted by molar-refractivity contribution is 0.182. The number of aromatic amines is 1. The lowest BCUT2D eigenvalue weighted by Gasteiger charge is -2.39. The molecule has 0 saturated heterocycles. The molecule has 5 aromatic carbocycles. The van der Waals surface area contributed by atoms with Crippen LogP contribution in [0.1, 0.15) is 62.0 Å². The molecule has 0 fully saturated rings. The number of benzene rings is 5. The predicted molar refractivity (Wildman–Crippen MR) is 229 cm³/mol. The van der Waals surface area contributed by atoms with E-state index < -0.39 is 8.32 Å². The number of nitrogens with one attached hydrogen (secondary N) is 2. The number of rotatable bonds is 18. The van der Waals surface area contributed by atoms with Crippen molar-refractivity contribution in [3.8, 4) is 22.6 Å². The molecule has 6 nitrogen and oxygen atoms in total. The Balaban J connectivity index is 1.02. The van der Waals surface area contributed by atoms with Crippen LogP contribution in [-0.4, -0.2) is 33.0 Å². The third kappa shape index (κ3) is 11.1. The molecule has 0 aliphatic heterocycles. The topological polar surface area (TPSA) is 72.6 Å². The van der Waals surface area contributed by atoms with Crippen LogP contribution in [0.3, 0.4) is 0 Å². The smallest absolute Gasteiger partial charge is 0.248 e. The maximum atomic E-state index is 12.5. The molecule has 0 bridgehead atoms. The van der Waals surface area contributed by atoms with Gasteiger partial charge in [-0.15, -0.1) is 0 Å². The molecule has 0 aliphatic rings. The quantitative estimate of drug-likeness (QED) is 0.0676. The van der Waals surface area contributed by atoms with Gasteiger partial charge >= 0.3 is 0 Å². The molecular weight excluding hydrogens is 697 g/mol. The van der Waals surface area contributed by atoms with E-state index in [1.165, 1.54) is 16.7 Å². The lowest BCUT2D eigenvalue weighted by Crippen LogP contribution is -2.43. The highest BCUT2D eigenvalue weighted by Gasteiger charge is 2.39. The summed E-state index contributed by atoms with van der Waals surface area (Å²) in [7, 11) is -2.16. The van der Waals surface area contributed by atoms with Gasteiger partial charge < -0.3 is 24.2 Å². The van der Waals surface area contributed by atoms with E-state index in [0.717, 1.165) is 60.1 Å². The van der Waals surface area contributed by atoms with Crippen LogP contribution in [0.2, 0.25) is 18.1 Å². The first-order valence-corrected chi connectivity index (χ1v) is 22.5. The second kappa shape index (κ2) is 18.6. The Hall–Kier alpha value is -4.95.